The van der Waals surface area contributed by atoms with Gasteiger partial charge < -0.3 is 20.1 Å². The average Bonchev–Trinajstić information content (AvgIpc) is 3.22. The van der Waals surface area contributed by atoms with Crippen molar-refractivity contribution >= 4 is 91.2 Å². The lowest BCUT2D eigenvalue weighted by atomic mass is 10.1. The van der Waals surface area contributed by atoms with Gasteiger partial charge in [0.2, 0.25) is 11.8 Å². The minimum atomic E-state index is -0.870. The number of nitrogens with one attached hydrogen (secondary N) is 4. The van der Waals surface area contributed by atoms with Crippen LogP contribution in [0.3, 0.4) is 0 Å². The maximum Gasteiger partial charge on any atom is 0.344 e. The molecule has 0 aromatic heterocycles. The van der Waals surface area contributed by atoms with Gasteiger partial charge in [-0.15, -0.1) is 0 Å². The zero-order valence-corrected chi connectivity index (χ0v) is 34.0. The van der Waals surface area contributed by atoms with Crippen LogP contribution in [0.4, 0.5) is 11.4 Å². The highest BCUT2D eigenvalue weighted by Gasteiger charge is 2.22. The first-order valence-electron chi connectivity index (χ1n) is 17.5. The van der Waals surface area contributed by atoms with Crippen molar-refractivity contribution in [2.75, 3.05) is 10.6 Å². The molecule has 0 radical (unpaired) electrons. The minimum absolute atomic E-state index is 0.0815. The van der Waals surface area contributed by atoms with Gasteiger partial charge in [0.1, 0.15) is 11.5 Å². The Morgan fingerprint density at radius 1 is 0.552 bits per heavy atom. The number of hydrazone groups is 2. The Hall–Kier alpha value is -6.78. The molecule has 0 spiro atoms. The third-order valence-corrected chi connectivity index (χ3v) is 8.95. The number of ether oxygens (including phenoxy) is 2. The fourth-order valence-corrected chi connectivity index (χ4v) is 5.69. The van der Waals surface area contributed by atoms with E-state index in [1.165, 1.54) is 61.0 Å². The maximum atomic E-state index is 13.6. The topological polar surface area (TPSA) is 194 Å². The van der Waals surface area contributed by atoms with E-state index in [4.69, 9.17) is 9.47 Å². The molecule has 16 heteroatoms. The van der Waals surface area contributed by atoms with Crippen molar-refractivity contribution in [3.8, 4) is 11.5 Å². The normalized spacial score (nSPS) is 10.8. The smallest absolute Gasteiger partial charge is 0.344 e. The molecule has 5 aromatic rings. The lowest BCUT2D eigenvalue weighted by Gasteiger charge is -2.12. The molecule has 0 saturated heterocycles. The first-order chi connectivity index (χ1) is 27.9. The van der Waals surface area contributed by atoms with Crippen LogP contribution in [0.25, 0.3) is 0 Å². The summed E-state index contributed by atoms with van der Waals surface area (Å²) in [5.41, 5.74) is 6.99. The van der Waals surface area contributed by atoms with Gasteiger partial charge in [-0.2, -0.15) is 10.2 Å². The van der Waals surface area contributed by atoms with E-state index in [0.717, 1.165) is 0 Å². The summed E-state index contributed by atoms with van der Waals surface area (Å²) in [5, 5.41) is 13.5. The molecule has 0 aliphatic rings. The fourth-order valence-electron chi connectivity index (χ4n) is 4.93. The second kappa shape index (κ2) is 20.4. The highest BCUT2D eigenvalue weighted by Crippen LogP contribution is 2.26. The Morgan fingerprint density at radius 3 is 1.29 bits per heavy atom. The number of benzene rings is 5. The van der Waals surface area contributed by atoms with Crippen LogP contribution in [0.5, 0.6) is 11.5 Å². The van der Waals surface area contributed by atoms with E-state index in [1.54, 1.807) is 74.5 Å². The summed E-state index contributed by atoms with van der Waals surface area (Å²) in [5.74, 6) is -2.92. The third kappa shape index (κ3) is 11.9. The van der Waals surface area contributed by atoms with Gasteiger partial charge in [0.05, 0.1) is 23.6 Å². The van der Waals surface area contributed by atoms with Gasteiger partial charge in [-0.3, -0.25) is 19.2 Å². The number of hydrogen-bond acceptors (Lipinski definition) is 10. The van der Waals surface area contributed by atoms with Gasteiger partial charge in [0, 0.05) is 55.4 Å². The monoisotopic (exact) mass is 908 g/mol. The van der Waals surface area contributed by atoms with Gasteiger partial charge in [0.25, 0.3) is 11.8 Å². The van der Waals surface area contributed by atoms with Gasteiger partial charge in [-0.25, -0.2) is 20.4 Å². The Bertz CT molecular complexity index is 2250. The summed E-state index contributed by atoms with van der Waals surface area (Å²) in [6.07, 6.45) is 3.23. The van der Waals surface area contributed by atoms with Crippen molar-refractivity contribution in [2.24, 2.45) is 10.2 Å². The Balaban J connectivity index is 1.25. The standard InChI is InChI=1S/C42H34Br2N6O8/c1-3-37(51)47-31-15-9-25(10-16-31)39(53)49-45-23-27-21-29(43)13-19-35(27)57-41(55)33-7-5-6-8-34(33)42(56)58-36-20-14-30(44)22-28(36)24-46-50-40(54)26-11-17-32(18-12-26)48-38(52)4-2/h5-24H,3-4H2,1-2H3,(H,47,51)(H,48,52)(H,49,53)(H,50,54). The molecule has 0 atom stereocenters. The zero-order valence-electron chi connectivity index (χ0n) is 30.9. The van der Waals surface area contributed by atoms with Crippen LogP contribution in [0.15, 0.2) is 128 Å². The molecule has 4 N–H and O–H groups in total. The van der Waals surface area contributed by atoms with Crippen LogP contribution in [0.2, 0.25) is 0 Å². The van der Waals surface area contributed by atoms with E-state index < -0.39 is 23.8 Å². The number of rotatable bonds is 14. The van der Waals surface area contributed by atoms with Crippen molar-refractivity contribution in [2.45, 2.75) is 26.7 Å². The van der Waals surface area contributed by atoms with Crippen LogP contribution in [0, 0.1) is 0 Å². The third-order valence-electron chi connectivity index (χ3n) is 7.96. The molecule has 0 saturated carbocycles. The summed E-state index contributed by atoms with van der Waals surface area (Å²) in [6.45, 7) is 3.47. The second-order valence-electron chi connectivity index (χ2n) is 12.0. The molecule has 0 fully saturated rings. The number of amides is 4. The van der Waals surface area contributed by atoms with Crippen LogP contribution < -0.4 is 31.0 Å². The molecule has 294 valence electrons. The van der Waals surface area contributed by atoms with Crippen molar-refractivity contribution in [1.82, 2.24) is 10.9 Å². The largest absolute Gasteiger partial charge is 0.422 e. The second-order valence-corrected chi connectivity index (χ2v) is 13.9. The number of carbonyl (C=O) groups is 6. The van der Waals surface area contributed by atoms with Gasteiger partial charge >= 0.3 is 11.9 Å². The number of esters is 2. The predicted octanol–water partition coefficient (Wildman–Crippen LogP) is 7.87. The molecule has 0 aliphatic heterocycles. The van der Waals surface area contributed by atoms with Crippen LogP contribution in [0.1, 0.15) is 79.2 Å². The first kappa shape index (κ1) is 42.4. The number of anilines is 2. The quantitative estimate of drug-likeness (QED) is 0.0374. The van der Waals surface area contributed by atoms with Crippen molar-refractivity contribution in [3.05, 3.63) is 152 Å². The summed E-state index contributed by atoms with van der Waals surface area (Å²) in [6, 6.07) is 28.0. The lowest BCUT2D eigenvalue weighted by molar-refractivity contribution is -0.116. The molecule has 14 nitrogen and oxygen atoms in total. The van der Waals surface area contributed by atoms with Crippen molar-refractivity contribution in [1.29, 1.82) is 0 Å². The molecular formula is C42H34Br2N6O8. The molecule has 5 rings (SSSR count). The molecule has 0 bridgehead atoms. The zero-order chi connectivity index (χ0) is 41.6. The van der Waals surface area contributed by atoms with E-state index in [2.05, 4.69) is 63.5 Å². The van der Waals surface area contributed by atoms with E-state index in [-0.39, 0.29) is 34.4 Å². The summed E-state index contributed by atoms with van der Waals surface area (Å²) >= 11 is 6.77. The number of nitrogens with zero attached hydrogens (tertiary/aromatic N) is 2. The van der Waals surface area contributed by atoms with Gasteiger partial charge in [-0.1, -0.05) is 57.8 Å². The highest BCUT2D eigenvalue weighted by atomic mass is 79.9. The van der Waals surface area contributed by atoms with E-state index in [9.17, 15) is 28.8 Å². The summed E-state index contributed by atoms with van der Waals surface area (Å²) in [7, 11) is 0. The molecular weight excluding hydrogens is 876 g/mol. The molecule has 58 heavy (non-hydrogen) atoms. The predicted molar refractivity (Wildman–Crippen MR) is 225 cm³/mol. The Morgan fingerprint density at radius 2 is 0.931 bits per heavy atom. The van der Waals surface area contributed by atoms with E-state index in [1.807, 2.05) is 0 Å². The molecule has 4 amide bonds. The Labute approximate surface area is 349 Å². The SMILES string of the molecule is CCC(=O)Nc1ccc(C(=O)NN=Cc2cc(Br)ccc2OC(=O)c2ccccc2C(=O)Oc2ccc(Br)cc2C=NNC(=O)c2ccc(NC(=O)CC)cc2)cc1. The lowest BCUT2D eigenvalue weighted by Crippen LogP contribution is -2.19. The molecule has 0 aliphatic carbocycles. The van der Waals surface area contributed by atoms with Crippen LogP contribution in [-0.2, 0) is 9.59 Å². The van der Waals surface area contributed by atoms with Gasteiger partial charge in [-0.05, 0) is 97.1 Å². The molecule has 0 heterocycles. The first-order valence-corrected chi connectivity index (χ1v) is 19.1. The van der Waals surface area contributed by atoms with Crippen LogP contribution >= 0.6 is 31.9 Å². The van der Waals surface area contributed by atoms with Crippen LogP contribution in [-0.4, -0.2) is 48.0 Å². The number of carbonyl (C=O) groups excluding carboxylic acids is 6. The van der Waals surface area contributed by atoms with Gasteiger partial charge in [0.15, 0.2) is 0 Å². The molecule has 5 aromatic carbocycles. The highest BCUT2D eigenvalue weighted by molar-refractivity contribution is 9.10. The number of hydrogen-bond donors (Lipinski definition) is 4. The Kier molecular flexibility index (Phi) is 14.9. The molecule has 0 unspecified atom stereocenters. The maximum absolute atomic E-state index is 13.6. The fraction of sp³-hybridized carbons (Fsp3) is 0.0952. The summed E-state index contributed by atoms with van der Waals surface area (Å²) in [4.78, 5) is 75.8. The van der Waals surface area contributed by atoms with E-state index in [0.29, 0.717) is 55.4 Å². The number of halogens is 2. The minimum Gasteiger partial charge on any atom is -0.422 e. The van der Waals surface area contributed by atoms with E-state index >= 15 is 0 Å². The summed E-state index contributed by atoms with van der Waals surface area (Å²) < 4.78 is 12.7. The van der Waals surface area contributed by atoms with Crippen molar-refractivity contribution < 1.29 is 38.2 Å². The van der Waals surface area contributed by atoms with Crippen molar-refractivity contribution in [3.63, 3.8) is 0 Å². The average molecular weight is 911 g/mol.